The molecular formula is C21H35N3O. The summed E-state index contributed by atoms with van der Waals surface area (Å²) in [4.78, 5) is 17.2. The Morgan fingerprint density at radius 3 is 2.28 bits per heavy atom. The van der Waals surface area contributed by atoms with E-state index in [4.69, 9.17) is 5.73 Å². The molecule has 1 amide bonds. The minimum absolute atomic E-state index is 0.108. The Hall–Kier alpha value is -1.39. The van der Waals surface area contributed by atoms with Gasteiger partial charge < -0.3 is 10.6 Å². The monoisotopic (exact) mass is 345 g/mol. The van der Waals surface area contributed by atoms with Crippen LogP contribution in [0.1, 0.15) is 46.1 Å². The topological polar surface area (TPSA) is 49.6 Å². The minimum atomic E-state index is -0.388. The van der Waals surface area contributed by atoms with Crippen molar-refractivity contribution in [2.24, 2.45) is 17.6 Å². The standard InChI is InChI=1S/C21H35N3O/c1-16(2)20(22)21(25)24(17(3)4)15-19-10-12-23(13-11-19)14-18-8-6-5-7-9-18/h5-9,16-17,19-20H,10-15,22H2,1-4H3/t20-/m0/s1. The van der Waals surface area contributed by atoms with Crippen LogP contribution in [-0.2, 0) is 11.3 Å². The highest BCUT2D eigenvalue weighted by atomic mass is 16.2. The number of nitrogens with two attached hydrogens (primary N) is 1. The zero-order valence-corrected chi connectivity index (χ0v) is 16.3. The third kappa shape index (κ3) is 5.82. The normalized spacial score (nSPS) is 17.9. The molecule has 0 unspecified atom stereocenters. The Bertz CT molecular complexity index is 521. The quantitative estimate of drug-likeness (QED) is 0.826. The molecular weight excluding hydrogens is 310 g/mol. The van der Waals surface area contributed by atoms with Crippen LogP contribution >= 0.6 is 0 Å². The highest BCUT2D eigenvalue weighted by molar-refractivity contribution is 5.82. The molecule has 1 aliphatic rings. The number of likely N-dealkylation sites (tertiary alicyclic amines) is 1. The molecule has 0 aromatic heterocycles. The van der Waals surface area contributed by atoms with E-state index in [0.29, 0.717) is 5.92 Å². The van der Waals surface area contributed by atoms with E-state index < -0.39 is 0 Å². The predicted molar refractivity (Wildman–Crippen MR) is 104 cm³/mol. The van der Waals surface area contributed by atoms with E-state index in [2.05, 4.69) is 49.1 Å². The van der Waals surface area contributed by atoms with Gasteiger partial charge in [0.25, 0.3) is 0 Å². The number of benzene rings is 1. The number of hydrogen-bond donors (Lipinski definition) is 1. The highest BCUT2D eigenvalue weighted by Gasteiger charge is 2.29. The summed E-state index contributed by atoms with van der Waals surface area (Å²) in [6.07, 6.45) is 2.31. The molecule has 1 aromatic carbocycles. The van der Waals surface area contributed by atoms with Gasteiger partial charge in [0.2, 0.25) is 5.91 Å². The summed E-state index contributed by atoms with van der Waals surface area (Å²) in [7, 11) is 0. The van der Waals surface area contributed by atoms with Gasteiger partial charge in [0.15, 0.2) is 0 Å². The van der Waals surface area contributed by atoms with Crippen molar-refractivity contribution in [1.29, 1.82) is 0 Å². The summed E-state index contributed by atoms with van der Waals surface area (Å²) < 4.78 is 0. The van der Waals surface area contributed by atoms with E-state index in [9.17, 15) is 4.79 Å². The maximum Gasteiger partial charge on any atom is 0.239 e. The molecule has 1 saturated heterocycles. The second-order valence-corrected chi connectivity index (χ2v) is 8.06. The van der Waals surface area contributed by atoms with E-state index in [0.717, 1.165) is 39.0 Å². The number of amides is 1. The smallest absolute Gasteiger partial charge is 0.239 e. The van der Waals surface area contributed by atoms with Gasteiger partial charge in [0.1, 0.15) is 0 Å². The molecule has 0 radical (unpaired) electrons. The molecule has 25 heavy (non-hydrogen) atoms. The molecule has 1 atom stereocenters. The van der Waals surface area contributed by atoms with Gasteiger partial charge in [-0.1, -0.05) is 44.2 Å². The van der Waals surface area contributed by atoms with Crippen molar-refractivity contribution in [3.8, 4) is 0 Å². The van der Waals surface area contributed by atoms with Gasteiger partial charge in [0.05, 0.1) is 6.04 Å². The molecule has 0 bridgehead atoms. The molecule has 4 nitrogen and oxygen atoms in total. The first-order chi connectivity index (χ1) is 11.9. The second-order valence-electron chi connectivity index (χ2n) is 8.06. The number of hydrogen-bond acceptors (Lipinski definition) is 3. The predicted octanol–water partition coefficient (Wildman–Crippen LogP) is 3.12. The number of rotatable bonds is 7. The highest BCUT2D eigenvalue weighted by Crippen LogP contribution is 2.22. The molecule has 1 aliphatic heterocycles. The van der Waals surface area contributed by atoms with Gasteiger partial charge in [-0.25, -0.2) is 0 Å². The molecule has 1 heterocycles. The van der Waals surface area contributed by atoms with Crippen molar-refractivity contribution in [1.82, 2.24) is 9.80 Å². The maximum atomic E-state index is 12.7. The SMILES string of the molecule is CC(C)[C@H](N)C(=O)N(CC1CCN(Cc2ccccc2)CC1)C(C)C. The Labute approximate surface area is 153 Å². The molecule has 0 saturated carbocycles. The third-order valence-electron chi connectivity index (χ3n) is 5.32. The fourth-order valence-corrected chi connectivity index (χ4v) is 3.48. The Morgan fingerprint density at radius 2 is 1.76 bits per heavy atom. The molecule has 0 spiro atoms. The van der Waals surface area contributed by atoms with Crippen LogP contribution in [0.2, 0.25) is 0 Å². The number of piperidine rings is 1. The van der Waals surface area contributed by atoms with Crippen LogP contribution in [0.15, 0.2) is 30.3 Å². The minimum Gasteiger partial charge on any atom is -0.339 e. The van der Waals surface area contributed by atoms with Crippen LogP contribution in [0.25, 0.3) is 0 Å². The van der Waals surface area contributed by atoms with Crippen molar-refractivity contribution >= 4 is 5.91 Å². The average Bonchev–Trinajstić information content (AvgIpc) is 2.60. The van der Waals surface area contributed by atoms with Crippen LogP contribution in [0.5, 0.6) is 0 Å². The van der Waals surface area contributed by atoms with Crippen molar-refractivity contribution in [2.45, 2.75) is 59.2 Å². The van der Waals surface area contributed by atoms with Gasteiger partial charge in [-0.2, -0.15) is 0 Å². The Balaban J connectivity index is 1.85. The lowest BCUT2D eigenvalue weighted by atomic mass is 9.94. The lowest BCUT2D eigenvalue weighted by Crippen LogP contribution is -2.51. The summed E-state index contributed by atoms with van der Waals surface area (Å²) in [5.41, 5.74) is 7.49. The van der Waals surface area contributed by atoms with Crippen LogP contribution in [0.3, 0.4) is 0 Å². The molecule has 2 rings (SSSR count). The van der Waals surface area contributed by atoms with Crippen LogP contribution in [0.4, 0.5) is 0 Å². The number of carbonyl (C=O) groups is 1. The summed E-state index contributed by atoms with van der Waals surface area (Å²) in [5.74, 6) is 0.871. The van der Waals surface area contributed by atoms with E-state index >= 15 is 0 Å². The summed E-state index contributed by atoms with van der Waals surface area (Å²) in [6, 6.07) is 10.5. The molecule has 2 N–H and O–H groups in total. The first-order valence-electron chi connectivity index (χ1n) is 9.70. The fraction of sp³-hybridized carbons (Fsp3) is 0.667. The zero-order chi connectivity index (χ0) is 18.4. The zero-order valence-electron chi connectivity index (χ0n) is 16.3. The number of carbonyl (C=O) groups excluding carboxylic acids is 1. The first-order valence-corrected chi connectivity index (χ1v) is 9.70. The van der Waals surface area contributed by atoms with Crippen molar-refractivity contribution in [3.63, 3.8) is 0 Å². The summed E-state index contributed by atoms with van der Waals surface area (Å²) >= 11 is 0. The number of nitrogens with zero attached hydrogens (tertiary/aromatic N) is 2. The van der Waals surface area contributed by atoms with Crippen molar-refractivity contribution < 1.29 is 4.79 Å². The van der Waals surface area contributed by atoms with Crippen molar-refractivity contribution in [2.75, 3.05) is 19.6 Å². The van der Waals surface area contributed by atoms with E-state index in [1.807, 2.05) is 18.7 Å². The van der Waals surface area contributed by atoms with Gasteiger partial charge in [-0.3, -0.25) is 9.69 Å². The molecule has 1 aromatic rings. The van der Waals surface area contributed by atoms with Gasteiger partial charge in [-0.15, -0.1) is 0 Å². The van der Waals surface area contributed by atoms with Crippen LogP contribution in [0, 0.1) is 11.8 Å². The van der Waals surface area contributed by atoms with E-state index in [1.165, 1.54) is 5.56 Å². The lowest BCUT2D eigenvalue weighted by molar-refractivity contribution is -0.136. The van der Waals surface area contributed by atoms with Crippen molar-refractivity contribution in [3.05, 3.63) is 35.9 Å². The first kappa shape index (κ1) is 19.9. The Morgan fingerprint density at radius 1 is 1.16 bits per heavy atom. The fourth-order valence-electron chi connectivity index (χ4n) is 3.48. The van der Waals surface area contributed by atoms with Gasteiger partial charge in [0, 0.05) is 19.1 Å². The summed E-state index contributed by atoms with van der Waals surface area (Å²) in [5, 5.41) is 0. The maximum absolute atomic E-state index is 12.7. The Kier molecular flexibility index (Phi) is 7.45. The van der Waals surface area contributed by atoms with Gasteiger partial charge in [-0.05, 0) is 57.2 Å². The largest absolute Gasteiger partial charge is 0.339 e. The second kappa shape index (κ2) is 9.35. The van der Waals surface area contributed by atoms with E-state index in [1.54, 1.807) is 0 Å². The van der Waals surface area contributed by atoms with E-state index in [-0.39, 0.29) is 23.9 Å². The third-order valence-corrected chi connectivity index (χ3v) is 5.32. The lowest BCUT2D eigenvalue weighted by Gasteiger charge is -2.37. The summed E-state index contributed by atoms with van der Waals surface area (Å²) in [6.45, 7) is 12.3. The average molecular weight is 346 g/mol. The molecule has 140 valence electrons. The van der Waals surface area contributed by atoms with Crippen LogP contribution < -0.4 is 5.73 Å². The van der Waals surface area contributed by atoms with Crippen LogP contribution in [-0.4, -0.2) is 47.4 Å². The molecule has 0 aliphatic carbocycles. The molecule has 1 fully saturated rings. The molecule has 4 heteroatoms. The van der Waals surface area contributed by atoms with Gasteiger partial charge >= 0.3 is 0 Å².